The molecule has 0 saturated carbocycles. The number of aryl methyl sites for hydroxylation is 1. The van der Waals surface area contributed by atoms with Gasteiger partial charge in [0.15, 0.2) is 11.5 Å². The van der Waals surface area contributed by atoms with Crippen LogP contribution in [-0.2, 0) is 19.6 Å². The fraction of sp³-hybridized carbons (Fsp3) is 0.250. The highest BCUT2D eigenvalue weighted by Crippen LogP contribution is 2.30. The lowest BCUT2D eigenvalue weighted by molar-refractivity contribution is 0.255. The van der Waals surface area contributed by atoms with Gasteiger partial charge in [-0.1, -0.05) is 87.5 Å². The molecular formula is C24H28O2. The SMILES string of the molecule is CC.CCc1ccc(OCc2ccccc2)c(OCc2ccccc2)c1. The molecule has 0 unspecified atom stereocenters. The molecule has 0 aliphatic heterocycles. The van der Waals surface area contributed by atoms with Crippen LogP contribution in [0.1, 0.15) is 37.5 Å². The van der Waals surface area contributed by atoms with Gasteiger partial charge in [0.1, 0.15) is 13.2 Å². The lowest BCUT2D eigenvalue weighted by Crippen LogP contribution is -2.01. The Balaban J connectivity index is 0.00000117. The van der Waals surface area contributed by atoms with Crippen molar-refractivity contribution >= 4 is 0 Å². The predicted molar refractivity (Wildman–Crippen MR) is 109 cm³/mol. The van der Waals surface area contributed by atoms with Crippen molar-refractivity contribution in [1.29, 1.82) is 0 Å². The third kappa shape index (κ3) is 5.96. The van der Waals surface area contributed by atoms with Crippen LogP contribution in [0, 0.1) is 0 Å². The summed E-state index contributed by atoms with van der Waals surface area (Å²) in [6.07, 6.45) is 0.973. The molecule has 2 nitrogen and oxygen atoms in total. The van der Waals surface area contributed by atoms with E-state index >= 15 is 0 Å². The minimum Gasteiger partial charge on any atom is -0.485 e. The van der Waals surface area contributed by atoms with E-state index in [1.165, 1.54) is 5.56 Å². The molecule has 0 aliphatic carbocycles. The summed E-state index contributed by atoms with van der Waals surface area (Å²) in [4.78, 5) is 0. The summed E-state index contributed by atoms with van der Waals surface area (Å²) >= 11 is 0. The Labute approximate surface area is 157 Å². The molecule has 136 valence electrons. The van der Waals surface area contributed by atoms with E-state index in [9.17, 15) is 0 Å². The molecule has 0 radical (unpaired) electrons. The van der Waals surface area contributed by atoms with E-state index in [2.05, 4.69) is 43.3 Å². The van der Waals surface area contributed by atoms with Gasteiger partial charge in [0.25, 0.3) is 0 Å². The van der Waals surface area contributed by atoms with Crippen LogP contribution in [0.2, 0.25) is 0 Å². The molecule has 0 bridgehead atoms. The van der Waals surface area contributed by atoms with E-state index in [1.54, 1.807) is 0 Å². The molecule has 3 aromatic rings. The van der Waals surface area contributed by atoms with Crippen molar-refractivity contribution in [3.63, 3.8) is 0 Å². The second kappa shape index (κ2) is 11.0. The number of ether oxygens (including phenoxy) is 2. The smallest absolute Gasteiger partial charge is 0.161 e. The Bertz CT molecular complexity index is 752. The number of hydrogen-bond acceptors (Lipinski definition) is 2. The van der Waals surface area contributed by atoms with Crippen LogP contribution in [0.25, 0.3) is 0 Å². The molecule has 0 N–H and O–H groups in total. The summed E-state index contributed by atoms with van der Waals surface area (Å²) in [7, 11) is 0. The van der Waals surface area contributed by atoms with Crippen molar-refractivity contribution < 1.29 is 9.47 Å². The standard InChI is InChI=1S/C22H22O2.C2H6/c1-2-18-13-14-21(23-16-19-9-5-3-6-10-19)22(15-18)24-17-20-11-7-4-8-12-20;1-2/h3-15H,2,16-17H2,1H3;1-2H3. The van der Waals surface area contributed by atoms with Gasteiger partial charge in [-0.05, 0) is 35.2 Å². The van der Waals surface area contributed by atoms with E-state index in [1.807, 2.05) is 56.3 Å². The zero-order valence-corrected chi connectivity index (χ0v) is 15.9. The van der Waals surface area contributed by atoms with E-state index in [-0.39, 0.29) is 0 Å². The van der Waals surface area contributed by atoms with Crippen LogP contribution >= 0.6 is 0 Å². The first-order valence-electron chi connectivity index (χ1n) is 9.31. The van der Waals surface area contributed by atoms with Crippen molar-refractivity contribution in [2.24, 2.45) is 0 Å². The minimum atomic E-state index is 0.536. The second-order valence-corrected chi connectivity index (χ2v) is 5.68. The van der Waals surface area contributed by atoms with Gasteiger partial charge >= 0.3 is 0 Å². The number of benzene rings is 3. The summed E-state index contributed by atoms with van der Waals surface area (Å²) < 4.78 is 12.0. The van der Waals surface area contributed by atoms with Gasteiger partial charge in [-0.2, -0.15) is 0 Å². The Morgan fingerprint density at radius 2 is 1.08 bits per heavy atom. The normalized spacial score (nSPS) is 9.81. The van der Waals surface area contributed by atoms with Gasteiger partial charge < -0.3 is 9.47 Å². The molecule has 0 aliphatic rings. The Morgan fingerprint density at radius 3 is 1.58 bits per heavy atom. The van der Waals surface area contributed by atoms with E-state index in [4.69, 9.17) is 9.47 Å². The first kappa shape index (κ1) is 19.6. The van der Waals surface area contributed by atoms with Crippen LogP contribution < -0.4 is 9.47 Å². The van der Waals surface area contributed by atoms with Gasteiger partial charge in [-0.15, -0.1) is 0 Å². The summed E-state index contributed by atoms with van der Waals surface area (Å²) in [5.41, 5.74) is 3.53. The minimum absolute atomic E-state index is 0.536. The van der Waals surface area contributed by atoms with Gasteiger partial charge in [0.05, 0.1) is 0 Å². The van der Waals surface area contributed by atoms with Crippen LogP contribution in [0.5, 0.6) is 11.5 Å². The van der Waals surface area contributed by atoms with E-state index in [0.29, 0.717) is 13.2 Å². The average Bonchev–Trinajstić information content (AvgIpc) is 2.74. The molecule has 2 heteroatoms. The summed E-state index contributed by atoms with van der Waals surface area (Å²) in [6.45, 7) is 7.21. The zero-order valence-electron chi connectivity index (χ0n) is 15.9. The quantitative estimate of drug-likeness (QED) is 0.489. The molecule has 0 spiro atoms. The molecule has 3 aromatic carbocycles. The first-order valence-corrected chi connectivity index (χ1v) is 9.31. The van der Waals surface area contributed by atoms with E-state index in [0.717, 1.165) is 29.0 Å². The first-order chi connectivity index (χ1) is 12.8. The van der Waals surface area contributed by atoms with Gasteiger partial charge in [-0.3, -0.25) is 0 Å². The maximum atomic E-state index is 6.03. The molecule has 0 aromatic heterocycles. The van der Waals surface area contributed by atoms with Crippen molar-refractivity contribution in [1.82, 2.24) is 0 Å². The Kier molecular flexibility index (Phi) is 8.28. The average molecular weight is 348 g/mol. The number of rotatable bonds is 7. The largest absolute Gasteiger partial charge is 0.485 e. The predicted octanol–water partition coefficient (Wildman–Crippen LogP) is 6.43. The fourth-order valence-corrected chi connectivity index (χ4v) is 2.48. The van der Waals surface area contributed by atoms with Crippen molar-refractivity contribution in [3.05, 3.63) is 95.6 Å². The summed E-state index contributed by atoms with van der Waals surface area (Å²) in [6, 6.07) is 26.5. The van der Waals surface area contributed by atoms with Gasteiger partial charge in [0, 0.05) is 0 Å². The highest BCUT2D eigenvalue weighted by Gasteiger charge is 2.07. The molecule has 0 atom stereocenters. The molecule has 0 heterocycles. The van der Waals surface area contributed by atoms with E-state index < -0.39 is 0 Å². The topological polar surface area (TPSA) is 18.5 Å². The highest BCUT2D eigenvalue weighted by atomic mass is 16.5. The maximum Gasteiger partial charge on any atom is 0.161 e. The van der Waals surface area contributed by atoms with Crippen molar-refractivity contribution in [2.75, 3.05) is 0 Å². The Hall–Kier alpha value is -2.74. The fourth-order valence-electron chi connectivity index (χ4n) is 2.48. The zero-order chi connectivity index (χ0) is 18.6. The third-order valence-electron chi connectivity index (χ3n) is 3.89. The highest BCUT2D eigenvalue weighted by molar-refractivity contribution is 5.43. The third-order valence-corrected chi connectivity index (χ3v) is 3.89. The van der Waals surface area contributed by atoms with Crippen LogP contribution in [0.3, 0.4) is 0 Å². The van der Waals surface area contributed by atoms with Gasteiger partial charge in [0.2, 0.25) is 0 Å². The van der Waals surface area contributed by atoms with Crippen LogP contribution in [0.15, 0.2) is 78.9 Å². The van der Waals surface area contributed by atoms with Crippen LogP contribution in [0.4, 0.5) is 0 Å². The molecule has 26 heavy (non-hydrogen) atoms. The molecule has 0 saturated heterocycles. The monoisotopic (exact) mass is 348 g/mol. The molecule has 3 rings (SSSR count). The molecular weight excluding hydrogens is 320 g/mol. The summed E-state index contributed by atoms with van der Waals surface area (Å²) in [5, 5.41) is 0. The lowest BCUT2D eigenvalue weighted by Gasteiger charge is -2.14. The van der Waals surface area contributed by atoms with Crippen LogP contribution in [-0.4, -0.2) is 0 Å². The molecule has 0 amide bonds. The number of hydrogen-bond donors (Lipinski definition) is 0. The second-order valence-electron chi connectivity index (χ2n) is 5.68. The lowest BCUT2D eigenvalue weighted by atomic mass is 10.1. The van der Waals surface area contributed by atoms with Crippen molar-refractivity contribution in [3.8, 4) is 11.5 Å². The van der Waals surface area contributed by atoms with Crippen molar-refractivity contribution in [2.45, 2.75) is 40.4 Å². The molecule has 0 fully saturated rings. The maximum absolute atomic E-state index is 6.03. The Morgan fingerprint density at radius 1 is 0.577 bits per heavy atom. The summed E-state index contributed by atoms with van der Waals surface area (Å²) in [5.74, 6) is 1.58. The van der Waals surface area contributed by atoms with Gasteiger partial charge in [-0.25, -0.2) is 0 Å².